The van der Waals surface area contributed by atoms with Crippen molar-refractivity contribution in [2.75, 3.05) is 12.3 Å². The minimum absolute atomic E-state index is 0.0778. The van der Waals surface area contributed by atoms with Crippen molar-refractivity contribution in [3.05, 3.63) is 11.9 Å². The third-order valence-electron chi connectivity index (χ3n) is 1.45. The predicted octanol–water partition coefficient (Wildman–Crippen LogP) is -2.16. The highest BCUT2D eigenvalue weighted by molar-refractivity contribution is 5.15. The molecular weight excluding hydrogens is 176 g/mol. The Bertz CT molecular complexity index is 282. The van der Waals surface area contributed by atoms with Gasteiger partial charge in [-0.15, -0.1) is 5.10 Å². The van der Waals surface area contributed by atoms with Gasteiger partial charge in [0.05, 0.1) is 18.5 Å². The summed E-state index contributed by atoms with van der Waals surface area (Å²) in [5.41, 5.74) is 5.28. The van der Waals surface area contributed by atoms with Crippen LogP contribution < -0.4 is 5.73 Å². The van der Waals surface area contributed by atoms with Gasteiger partial charge in [0, 0.05) is 0 Å². The molecule has 0 radical (unpaired) electrons. The maximum atomic E-state index is 9.32. The van der Waals surface area contributed by atoms with Gasteiger partial charge in [-0.2, -0.15) is 5.10 Å². The Morgan fingerprint density at radius 2 is 2.15 bits per heavy atom. The third-order valence-corrected chi connectivity index (χ3v) is 1.45. The van der Waals surface area contributed by atoms with E-state index < -0.39 is 18.8 Å². The summed E-state index contributed by atoms with van der Waals surface area (Å²) in [5, 5.41) is 33.7. The number of nitrogen functional groups attached to an aromatic ring is 1. The van der Waals surface area contributed by atoms with Crippen LogP contribution in [0.4, 0.5) is 5.95 Å². The first kappa shape index (κ1) is 9.78. The fraction of sp³-hybridized carbons (Fsp3) is 0.500. The van der Waals surface area contributed by atoms with E-state index in [0.29, 0.717) is 0 Å². The standard InChI is InChI=1S/C6H10N4O3/c7-6-9-3(1-8-10-6)5(13)4(12)2-11/h1,4-5,11-13H,2H2,(H2,7,9,10). The van der Waals surface area contributed by atoms with Crippen molar-refractivity contribution in [2.24, 2.45) is 0 Å². The van der Waals surface area contributed by atoms with Gasteiger partial charge in [-0.25, -0.2) is 4.98 Å². The van der Waals surface area contributed by atoms with Gasteiger partial charge < -0.3 is 21.1 Å². The summed E-state index contributed by atoms with van der Waals surface area (Å²) < 4.78 is 0. The van der Waals surface area contributed by atoms with Gasteiger partial charge >= 0.3 is 0 Å². The molecule has 0 aliphatic rings. The molecule has 0 saturated heterocycles. The average Bonchev–Trinajstić information content (AvgIpc) is 2.15. The smallest absolute Gasteiger partial charge is 0.240 e. The maximum Gasteiger partial charge on any atom is 0.240 e. The quantitative estimate of drug-likeness (QED) is 0.423. The average molecular weight is 186 g/mol. The fourth-order valence-corrected chi connectivity index (χ4v) is 0.770. The van der Waals surface area contributed by atoms with Crippen LogP contribution in [-0.4, -0.2) is 43.2 Å². The molecule has 2 unspecified atom stereocenters. The molecule has 0 bridgehead atoms. The van der Waals surface area contributed by atoms with Crippen LogP contribution in [0.1, 0.15) is 11.8 Å². The van der Waals surface area contributed by atoms with E-state index >= 15 is 0 Å². The molecule has 0 saturated carbocycles. The molecular formula is C6H10N4O3. The van der Waals surface area contributed by atoms with E-state index in [1.54, 1.807) is 0 Å². The molecule has 7 nitrogen and oxygen atoms in total. The first-order valence-electron chi connectivity index (χ1n) is 3.57. The Kier molecular flexibility index (Phi) is 3.07. The summed E-state index contributed by atoms with van der Waals surface area (Å²) in [7, 11) is 0. The number of aliphatic hydroxyl groups is 3. The lowest BCUT2D eigenvalue weighted by Crippen LogP contribution is -2.23. The third kappa shape index (κ3) is 2.31. The summed E-state index contributed by atoms with van der Waals surface area (Å²) in [6.07, 6.45) is -1.43. The molecule has 0 spiro atoms. The molecule has 0 aliphatic carbocycles. The zero-order valence-corrected chi connectivity index (χ0v) is 6.70. The van der Waals surface area contributed by atoms with Crippen LogP contribution in [0.15, 0.2) is 6.20 Å². The first-order chi connectivity index (χ1) is 6.15. The van der Waals surface area contributed by atoms with Crippen molar-refractivity contribution in [1.29, 1.82) is 0 Å². The molecule has 1 aromatic heterocycles. The van der Waals surface area contributed by atoms with Crippen LogP contribution in [0.3, 0.4) is 0 Å². The zero-order valence-electron chi connectivity index (χ0n) is 6.70. The van der Waals surface area contributed by atoms with Crippen molar-refractivity contribution in [3.63, 3.8) is 0 Å². The van der Waals surface area contributed by atoms with Crippen molar-refractivity contribution in [3.8, 4) is 0 Å². The van der Waals surface area contributed by atoms with Crippen LogP contribution in [-0.2, 0) is 0 Å². The van der Waals surface area contributed by atoms with Crippen LogP contribution >= 0.6 is 0 Å². The number of rotatable bonds is 3. The second-order valence-corrected chi connectivity index (χ2v) is 2.43. The number of hydrogen-bond donors (Lipinski definition) is 4. The lowest BCUT2D eigenvalue weighted by atomic mass is 10.1. The van der Waals surface area contributed by atoms with E-state index in [4.69, 9.17) is 15.9 Å². The Labute approximate surface area is 73.9 Å². The van der Waals surface area contributed by atoms with E-state index in [1.165, 1.54) is 6.20 Å². The lowest BCUT2D eigenvalue weighted by Gasteiger charge is -2.13. The maximum absolute atomic E-state index is 9.32. The highest BCUT2D eigenvalue weighted by Crippen LogP contribution is 2.12. The Balaban J connectivity index is 2.82. The number of hydrogen-bond acceptors (Lipinski definition) is 7. The highest BCUT2D eigenvalue weighted by atomic mass is 16.4. The topological polar surface area (TPSA) is 125 Å². The number of anilines is 1. The number of aliphatic hydroxyl groups excluding tert-OH is 3. The van der Waals surface area contributed by atoms with Gasteiger partial charge in [-0.05, 0) is 0 Å². The van der Waals surface area contributed by atoms with Gasteiger partial charge in [-0.3, -0.25) is 0 Å². The predicted molar refractivity (Wildman–Crippen MR) is 42.3 cm³/mol. The van der Waals surface area contributed by atoms with E-state index in [9.17, 15) is 5.11 Å². The fourth-order valence-electron chi connectivity index (χ4n) is 0.770. The normalized spacial score (nSPS) is 15.3. The molecule has 0 aliphatic heterocycles. The largest absolute Gasteiger partial charge is 0.394 e. The minimum Gasteiger partial charge on any atom is -0.394 e. The molecule has 72 valence electrons. The molecule has 1 aromatic rings. The van der Waals surface area contributed by atoms with Crippen molar-refractivity contribution >= 4 is 5.95 Å². The summed E-state index contributed by atoms with van der Waals surface area (Å²) in [4.78, 5) is 3.63. The van der Waals surface area contributed by atoms with E-state index in [0.717, 1.165) is 0 Å². The molecule has 0 fully saturated rings. The SMILES string of the molecule is Nc1nncc(C(O)C(O)CO)n1. The van der Waals surface area contributed by atoms with Crippen LogP contribution in [0, 0.1) is 0 Å². The lowest BCUT2D eigenvalue weighted by molar-refractivity contribution is -0.0174. The first-order valence-corrected chi connectivity index (χ1v) is 3.57. The Morgan fingerprint density at radius 3 is 2.69 bits per heavy atom. The van der Waals surface area contributed by atoms with Gasteiger partial charge in [-0.1, -0.05) is 0 Å². The van der Waals surface area contributed by atoms with Crippen LogP contribution in [0.5, 0.6) is 0 Å². The van der Waals surface area contributed by atoms with E-state index in [2.05, 4.69) is 15.2 Å². The summed E-state index contributed by atoms with van der Waals surface area (Å²) in [5.74, 6) is -0.0957. The Hall–Kier alpha value is -1.31. The zero-order chi connectivity index (χ0) is 9.84. The summed E-state index contributed by atoms with van der Waals surface area (Å²) in [6.45, 7) is -0.564. The minimum atomic E-state index is -1.30. The van der Waals surface area contributed by atoms with Gasteiger partial charge in [0.25, 0.3) is 0 Å². The number of nitrogens with zero attached hydrogens (tertiary/aromatic N) is 3. The van der Waals surface area contributed by atoms with Gasteiger partial charge in [0.1, 0.15) is 12.2 Å². The van der Waals surface area contributed by atoms with Crippen LogP contribution in [0.25, 0.3) is 0 Å². The van der Waals surface area contributed by atoms with Crippen LogP contribution in [0.2, 0.25) is 0 Å². The molecule has 1 heterocycles. The number of nitrogens with two attached hydrogens (primary N) is 1. The second kappa shape index (κ2) is 4.08. The van der Waals surface area contributed by atoms with Crippen molar-refractivity contribution < 1.29 is 15.3 Å². The Morgan fingerprint density at radius 1 is 1.46 bits per heavy atom. The molecule has 5 N–H and O–H groups in total. The summed E-state index contributed by atoms with van der Waals surface area (Å²) in [6, 6.07) is 0. The van der Waals surface area contributed by atoms with Crippen molar-refractivity contribution in [1.82, 2.24) is 15.2 Å². The molecule has 13 heavy (non-hydrogen) atoms. The molecule has 7 heteroatoms. The summed E-state index contributed by atoms with van der Waals surface area (Å²) >= 11 is 0. The monoisotopic (exact) mass is 186 g/mol. The van der Waals surface area contributed by atoms with E-state index in [-0.39, 0.29) is 11.6 Å². The van der Waals surface area contributed by atoms with Gasteiger partial charge in [0.2, 0.25) is 5.95 Å². The van der Waals surface area contributed by atoms with Gasteiger partial charge in [0.15, 0.2) is 0 Å². The molecule has 2 atom stereocenters. The molecule has 0 aromatic carbocycles. The van der Waals surface area contributed by atoms with Crippen molar-refractivity contribution in [2.45, 2.75) is 12.2 Å². The van der Waals surface area contributed by atoms with E-state index in [1.807, 2.05) is 0 Å². The molecule has 1 rings (SSSR count). The highest BCUT2D eigenvalue weighted by Gasteiger charge is 2.19. The molecule has 0 amide bonds. The number of aromatic nitrogens is 3. The second-order valence-electron chi connectivity index (χ2n) is 2.43.